The van der Waals surface area contributed by atoms with E-state index < -0.39 is 0 Å². The molecule has 0 spiro atoms. The molecule has 2 heterocycles. The third kappa shape index (κ3) is 6.33. The molecule has 1 amide bonds. The lowest BCUT2D eigenvalue weighted by molar-refractivity contribution is 0.0507. The molecule has 1 aromatic heterocycles. The minimum Gasteiger partial charge on any atom is -0.493 e. The van der Waals surface area contributed by atoms with E-state index in [-0.39, 0.29) is 12.0 Å². The van der Waals surface area contributed by atoms with Gasteiger partial charge >= 0.3 is 0 Å². The average Bonchev–Trinajstić information content (AvgIpc) is 3.47. The summed E-state index contributed by atoms with van der Waals surface area (Å²) in [6.45, 7) is 2.44. The third-order valence-electron chi connectivity index (χ3n) is 5.32. The van der Waals surface area contributed by atoms with Crippen molar-refractivity contribution in [1.29, 1.82) is 0 Å². The smallest absolute Gasteiger partial charge is 0.254 e. The number of rotatable bonds is 9. The summed E-state index contributed by atoms with van der Waals surface area (Å²) in [5, 5.41) is 4.78. The molecule has 0 radical (unpaired) electrons. The van der Waals surface area contributed by atoms with Gasteiger partial charge in [-0.15, -0.1) is 0 Å². The van der Waals surface area contributed by atoms with Gasteiger partial charge in [-0.05, 0) is 71.1 Å². The van der Waals surface area contributed by atoms with Gasteiger partial charge in [0.2, 0.25) is 0 Å². The van der Waals surface area contributed by atoms with Crippen molar-refractivity contribution in [3.63, 3.8) is 0 Å². The maximum absolute atomic E-state index is 13.3. The highest BCUT2D eigenvalue weighted by atomic mass is 35.5. The molecule has 6 heteroatoms. The molecule has 1 aliphatic heterocycles. The largest absolute Gasteiger partial charge is 0.493 e. The van der Waals surface area contributed by atoms with Crippen molar-refractivity contribution >= 4 is 28.8 Å². The Kier molecular flexibility index (Phi) is 7.62. The number of hydrogen-bond acceptors (Lipinski definition) is 4. The lowest BCUT2D eigenvalue weighted by Crippen LogP contribution is -2.37. The minimum absolute atomic E-state index is 0.0400. The molecule has 1 fully saturated rings. The van der Waals surface area contributed by atoms with Crippen LogP contribution in [0.4, 0.5) is 0 Å². The van der Waals surface area contributed by atoms with E-state index in [0.29, 0.717) is 30.3 Å². The summed E-state index contributed by atoms with van der Waals surface area (Å²) in [7, 11) is 0. The van der Waals surface area contributed by atoms with Crippen LogP contribution in [0.25, 0.3) is 0 Å². The van der Waals surface area contributed by atoms with E-state index in [0.717, 1.165) is 37.2 Å². The van der Waals surface area contributed by atoms with Gasteiger partial charge < -0.3 is 14.4 Å². The average molecular weight is 456 g/mol. The quantitative estimate of drug-likeness (QED) is 0.406. The Balaban J connectivity index is 1.44. The van der Waals surface area contributed by atoms with Crippen LogP contribution in [0, 0.1) is 0 Å². The van der Waals surface area contributed by atoms with E-state index in [1.165, 1.54) is 5.56 Å². The normalized spacial score (nSPS) is 15.7. The number of carbonyl (C=O) groups excluding carboxylic acids is 1. The molecule has 1 atom stereocenters. The van der Waals surface area contributed by atoms with Crippen LogP contribution in [0.3, 0.4) is 0 Å². The zero-order chi connectivity index (χ0) is 21.5. The van der Waals surface area contributed by atoms with Gasteiger partial charge in [0.05, 0.1) is 12.7 Å². The summed E-state index contributed by atoms with van der Waals surface area (Å²) in [6, 6.07) is 17.2. The summed E-state index contributed by atoms with van der Waals surface area (Å²) >= 11 is 7.82. The third-order valence-corrected chi connectivity index (χ3v) is 6.29. The van der Waals surface area contributed by atoms with Gasteiger partial charge in [-0.25, -0.2) is 0 Å². The van der Waals surface area contributed by atoms with E-state index in [1.54, 1.807) is 29.5 Å². The predicted octanol–water partition coefficient (Wildman–Crippen LogP) is 5.84. The summed E-state index contributed by atoms with van der Waals surface area (Å²) in [5.41, 5.74) is 2.91. The van der Waals surface area contributed by atoms with E-state index in [4.69, 9.17) is 21.1 Å². The molecule has 2 aromatic carbocycles. The van der Waals surface area contributed by atoms with Gasteiger partial charge in [0.25, 0.3) is 5.91 Å². The van der Waals surface area contributed by atoms with Crippen molar-refractivity contribution in [3.05, 3.63) is 87.1 Å². The molecular formula is C25H26ClNO3S. The Morgan fingerprint density at radius 1 is 1.16 bits per heavy atom. The van der Waals surface area contributed by atoms with Crippen LogP contribution in [0.1, 0.15) is 34.3 Å². The number of nitrogens with zero attached hydrogens (tertiary/aromatic N) is 1. The van der Waals surface area contributed by atoms with Crippen LogP contribution in [0.5, 0.6) is 5.75 Å². The lowest BCUT2D eigenvalue weighted by Gasteiger charge is -2.26. The van der Waals surface area contributed by atoms with Crippen molar-refractivity contribution in [2.75, 3.05) is 19.8 Å². The van der Waals surface area contributed by atoms with Gasteiger partial charge in [0, 0.05) is 36.7 Å². The van der Waals surface area contributed by atoms with Gasteiger partial charge in [-0.3, -0.25) is 4.79 Å². The second kappa shape index (κ2) is 10.8. The highest BCUT2D eigenvalue weighted by Crippen LogP contribution is 2.21. The number of ether oxygens (including phenoxy) is 2. The zero-order valence-corrected chi connectivity index (χ0v) is 18.9. The first-order valence-corrected chi connectivity index (χ1v) is 11.9. The van der Waals surface area contributed by atoms with Crippen LogP contribution >= 0.6 is 22.9 Å². The number of amides is 1. The van der Waals surface area contributed by atoms with E-state index in [1.807, 2.05) is 35.2 Å². The highest BCUT2D eigenvalue weighted by molar-refractivity contribution is 7.07. The Morgan fingerprint density at radius 2 is 2.06 bits per heavy atom. The molecule has 0 unspecified atom stereocenters. The van der Waals surface area contributed by atoms with E-state index in [2.05, 4.69) is 16.8 Å². The van der Waals surface area contributed by atoms with Crippen LogP contribution in [-0.4, -0.2) is 36.7 Å². The Hall–Kier alpha value is -2.34. The van der Waals surface area contributed by atoms with E-state index in [9.17, 15) is 4.79 Å². The maximum atomic E-state index is 13.3. The summed E-state index contributed by atoms with van der Waals surface area (Å²) < 4.78 is 11.8. The second-order valence-corrected chi connectivity index (χ2v) is 8.92. The van der Waals surface area contributed by atoms with Crippen LogP contribution < -0.4 is 4.74 Å². The second-order valence-electron chi connectivity index (χ2n) is 7.71. The zero-order valence-electron chi connectivity index (χ0n) is 17.3. The Bertz CT molecular complexity index is 986. The first-order valence-electron chi connectivity index (χ1n) is 10.6. The molecule has 0 saturated carbocycles. The molecule has 4 nitrogen and oxygen atoms in total. The molecule has 0 N–H and O–H groups in total. The van der Waals surface area contributed by atoms with Gasteiger partial charge in [0.15, 0.2) is 0 Å². The van der Waals surface area contributed by atoms with Gasteiger partial charge in [-0.1, -0.05) is 29.8 Å². The summed E-state index contributed by atoms with van der Waals surface area (Å²) in [6.07, 6.45) is 2.97. The monoisotopic (exact) mass is 455 g/mol. The van der Waals surface area contributed by atoms with Crippen molar-refractivity contribution in [3.8, 4) is 5.75 Å². The lowest BCUT2D eigenvalue weighted by atomic mass is 10.1. The Morgan fingerprint density at radius 3 is 2.84 bits per heavy atom. The predicted molar refractivity (Wildman–Crippen MR) is 125 cm³/mol. The molecular weight excluding hydrogens is 430 g/mol. The molecule has 1 aliphatic rings. The minimum atomic E-state index is -0.0400. The number of hydrogen-bond donors (Lipinski definition) is 0. The van der Waals surface area contributed by atoms with Crippen molar-refractivity contribution in [2.45, 2.75) is 31.9 Å². The van der Waals surface area contributed by atoms with Crippen molar-refractivity contribution in [2.24, 2.45) is 0 Å². The number of carbonyl (C=O) groups is 1. The number of halogens is 1. The fourth-order valence-corrected chi connectivity index (χ4v) is 4.63. The van der Waals surface area contributed by atoms with Crippen molar-refractivity contribution < 1.29 is 14.3 Å². The molecule has 162 valence electrons. The van der Waals surface area contributed by atoms with Crippen LogP contribution in [0.2, 0.25) is 5.02 Å². The summed E-state index contributed by atoms with van der Waals surface area (Å²) in [5.74, 6) is 0.779. The summed E-state index contributed by atoms with van der Waals surface area (Å²) in [4.78, 5) is 15.1. The highest BCUT2D eigenvalue weighted by Gasteiger charge is 2.24. The van der Waals surface area contributed by atoms with Gasteiger partial charge in [-0.2, -0.15) is 11.3 Å². The molecule has 1 saturated heterocycles. The SMILES string of the molecule is O=C(c1cccc(Cl)c1)N(Cc1cccc(OCCc2ccsc2)c1)C[C@H]1CCCO1. The Labute approximate surface area is 192 Å². The topological polar surface area (TPSA) is 38.8 Å². The van der Waals surface area contributed by atoms with Crippen LogP contribution in [0.15, 0.2) is 65.4 Å². The molecule has 0 aliphatic carbocycles. The molecule has 4 rings (SSSR count). The molecule has 31 heavy (non-hydrogen) atoms. The van der Waals surface area contributed by atoms with Crippen LogP contribution in [-0.2, 0) is 17.7 Å². The molecule has 3 aromatic rings. The maximum Gasteiger partial charge on any atom is 0.254 e. The fourth-order valence-electron chi connectivity index (χ4n) is 3.73. The van der Waals surface area contributed by atoms with E-state index >= 15 is 0 Å². The number of benzene rings is 2. The standard InChI is InChI=1S/C25H26ClNO3S/c26-22-6-2-5-21(15-22)25(28)27(17-24-8-3-11-29-24)16-20-4-1-7-23(14-20)30-12-9-19-10-13-31-18-19/h1-2,4-7,10,13-15,18,24H,3,8-9,11-12,16-17H2/t24-/m1/s1. The van der Waals surface area contributed by atoms with Gasteiger partial charge in [0.1, 0.15) is 5.75 Å². The first kappa shape index (κ1) is 21.9. The number of thiophene rings is 1. The van der Waals surface area contributed by atoms with Crippen molar-refractivity contribution in [1.82, 2.24) is 4.90 Å². The fraction of sp³-hybridized carbons (Fsp3) is 0.320. The first-order chi connectivity index (χ1) is 15.2. The molecule has 0 bridgehead atoms.